The molecule has 6 nitrogen and oxygen atoms in total. The maximum absolute atomic E-state index is 12.6. The molecule has 138 valence electrons. The molecule has 27 heavy (non-hydrogen) atoms. The molecule has 0 bridgehead atoms. The molecule has 0 aliphatic carbocycles. The number of methoxy groups -OCH3 is 1. The molecule has 1 fully saturated rings. The smallest absolute Gasteiger partial charge is 0.335 e. The first-order valence-electron chi connectivity index (χ1n) is 7.82. The number of carboxylic acids is 1. The van der Waals surface area contributed by atoms with Crippen LogP contribution in [0.3, 0.4) is 0 Å². The third kappa shape index (κ3) is 4.23. The minimum absolute atomic E-state index is 0.142. The summed E-state index contributed by atoms with van der Waals surface area (Å²) in [5, 5.41) is 9.57. The zero-order valence-corrected chi connectivity index (χ0v) is 16.9. The van der Waals surface area contributed by atoms with Crippen LogP contribution in [0.4, 0.5) is 5.69 Å². The highest BCUT2D eigenvalue weighted by Gasteiger charge is 2.30. The topological polar surface area (TPSA) is 79.2 Å². The Bertz CT molecular complexity index is 987. The number of hydrogen-bond acceptors (Lipinski definition) is 5. The first kappa shape index (κ1) is 19.2. The Hall–Kier alpha value is -2.58. The van der Waals surface area contributed by atoms with Crippen molar-refractivity contribution in [2.75, 3.05) is 14.2 Å². The van der Waals surface area contributed by atoms with E-state index in [2.05, 4.69) is 20.9 Å². The number of rotatable bonds is 4. The van der Waals surface area contributed by atoms with Gasteiger partial charge in [-0.25, -0.2) is 9.79 Å². The van der Waals surface area contributed by atoms with E-state index in [0.29, 0.717) is 21.5 Å². The number of carboxylic acid groups (broad SMARTS) is 1. The molecule has 1 saturated heterocycles. The van der Waals surface area contributed by atoms with Gasteiger partial charge in [0.15, 0.2) is 5.17 Å². The number of hydrogen-bond donors (Lipinski definition) is 1. The summed E-state index contributed by atoms with van der Waals surface area (Å²) in [5.41, 5.74) is 1.38. The second-order valence-electron chi connectivity index (χ2n) is 5.61. The van der Waals surface area contributed by atoms with Crippen LogP contribution in [0.15, 0.2) is 56.8 Å². The molecule has 1 N–H and O–H groups in total. The minimum Gasteiger partial charge on any atom is -0.496 e. The van der Waals surface area contributed by atoms with E-state index in [-0.39, 0.29) is 11.5 Å². The lowest BCUT2D eigenvalue weighted by molar-refractivity contribution is -0.121. The highest BCUT2D eigenvalue weighted by atomic mass is 79.9. The number of likely N-dealkylation sites (N-methyl/N-ethyl adjacent to an activating group) is 1. The number of amidine groups is 1. The van der Waals surface area contributed by atoms with Crippen molar-refractivity contribution < 1.29 is 19.4 Å². The molecule has 1 aliphatic heterocycles. The highest BCUT2D eigenvalue weighted by Crippen LogP contribution is 2.35. The molecule has 8 heteroatoms. The average Bonchev–Trinajstić information content (AvgIpc) is 2.90. The third-order valence-electron chi connectivity index (χ3n) is 3.80. The predicted molar refractivity (Wildman–Crippen MR) is 110 cm³/mol. The van der Waals surface area contributed by atoms with Crippen molar-refractivity contribution >= 4 is 56.5 Å². The lowest BCUT2D eigenvalue weighted by Gasteiger charge is -2.07. The first-order valence-corrected chi connectivity index (χ1v) is 9.43. The number of nitrogens with zero attached hydrogens (tertiary/aromatic N) is 2. The van der Waals surface area contributed by atoms with Crippen molar-refractivity contribution in [2.24, 2.45) is 4.99 Å². The number of carbonyl (C=O) groups excluding carboxylic acids is 1. The number of aliphatic imine (C=N–C) groups is 1. The van der Waals surface area contributed by atoms with Gasteiger partial charge < -0.3 is 9.84 Å². The molecule has 1 amide bonds. The van der Waals surface area contributed by atoms with Crippen LogP contribution in [0.2, 0.25) is 0 Å². The lowest BCUT2D eigenvalue weighted by Crippen LogP contribution is -2.23. The zero-order valence-electron chi connectivity index (χ0n) is 14.5. The molecule has 1 heterocycles. The van der Waals surface area contributed by atoms with Crippen LogP contribution in [0.5, 0.6) is 5.75 Å². The summed E-state index contributed by atoms with van der Waals surface area (Å²) in [7, 11) is 3.21. The van der Waals surface area contributed by atoms with Gasteiger partial charge in [0.05, 0.1) is 23.3 Å². The van der Waals surface area contributed by atoms with E-state index < -0.39 is 5.97 Å². The summed E-state index contributed by atoms with van der Waals surface area (Å²) >= 11 is 4.64. The van der Waals surface area contributed by atoms with Crippen molar-refractivity contribution in [3.63, 3.8) is 0 Å². The number of halogens is 1. The van der Waals surface area contributed by atoms with Crippen molar-refractivity contribution in [1.82, 2.24) is 4.90 Å². The van der Waals surface area contributed by atoms with E-state index in [4.69, 9.17) is 9.84 Å². The Morgan fingerprint density at radius 2 is 2.07 bits per heavy atom. The van der Waals surface area contributed by atoms with Gasteiger partial charge >= 0.3 is 5.97 Å². The van der Waals surface area contributed by atoms with Crippen molar-refractivity contribution in [2.45, 2.75) is 0 Å². The Labute approximate surface area is 168 Å². The Morgan fingerprint density at radius 3 is 2.78 bits per heavy atom. The van der Waals surface area contributed by atoms with Crippen LogP contribution in [0.25, 0.3) is 6.08 Å². The fraction of sp³-hybridized carbons (Fsp3) is 0.105. The summed E-state index contributed by atoms with van der Waals surface area (Å²) in [4.78, 5) is 30.1. The highest BCUT2D eigenvalue weighted by molar-refractivity contribution is 9.10. The number of amides is 1. The van der Waals surface area contributed by atoms with E-state index in [9.17, 15) is 9.59 Å². The maximum Gasteiger partial charge on any atom is 0.335 e. The van der Waals surface area contributed by atoms with Crippen LogP contribution in [-0.2, 0) is 4.79 Å². The van der Waals surface area contributed by atoms with Crippen LogP contribution in [0.1, 0.15) is 15.9 Å². The van der Waals surface area contributed by atoms with Crippen LogP contribution in [-0.4, -0.2) is 41.2 Å². The second kappa shape index (κ2) is 7.98. The summed E-state index contributed by atoms with van der Waals surface area (Å²) in [6, 6.07) is 11.8. The van der Waals surface area contributed by atoms with Gasteiger partial charge in [0, 0.05) is 17.1 Å². The van der Waals surface area contributed by atoms with Crippen LogP contribution in [0, 0.1) is 0 Å². The Morgan fingerprint density at radius 1 is 1.30 bits per heavy atom. The lowest BCUT2D eigenvalue weighted by atomic mass is 10.2. The molecule has 0 spiro atoms. The fourth-order valence-corrected chi connectivity index (χ4v) is 3.79. The summed E-state index contributed by atoms with van der Waals surface area (Å²) in [6.45, 7) is 0. The largest absolute Gasteiger partial charge is 0.496 e. The summed E-state index contributed by atoms with van der Waals surface area (Å²) < 4.78 is 6.22. The van der Waals surface area contributed by atoms with Crippen LogP contribution < -0.4 is 4.74 Å². The van der Waals surface area contributed by atoms with Gasteiger partial charge in [0.25, 0.3) is 5.91 Å². The molecular weight excluding hydrogens is 432 g/mol. The molecule has 0 radical (unpaired) electrons. The molecule has 2 aromatic rings. The molecule has 3 rings (SSSR count). The molecular formula is C19H15BrN2O4S. The second-order valence-corrected chi connectivity index (χ2v) is 7.54. The van der Waals surface area contributed by atoms with Gasteiger partial charge in [-0.3, -0.25) is 9.69 Å². The van der Waals surface area contributed by atoms with Crippen molar-refractivity contribution in [3.8, 4) is 5.75 Å². The maximum atomic E-state index is 12.6. The number of carbonyl (C=O) groups is 2. The van der Waals surface area contributed by atoms with Crippen molar-refractivity contribution in [3.05, 3.63) is 63.0 Å². The Balaban J connectivity index is 1.95. The van der Waals surface area contributed by atoms with Crippen molar-refractivity contribution in [1.29, 1.82) is 0 Å². The molecule has 0 saturated carbocycles. The van der Waals surface area contributed by atoms with E-state index in [1.807, 2.05) is 18.2 Å². The molecule has 2 aromatic carbocycles. The molecule has 0 unspecified atom stereocenters. The Kier molecular flexibility index (Phi) is 5.67. The summed E-state index contributed by atoms with van der Waals surface area (Å²) in [5.74, 6) is -0.556. The van der Waals surface area contributed by atoms with Gasteiger partial charge in [-0.15, -0.1) is 0 Å². The fourth-order valence-electron chi connectivity index (χ4n) is 2.43. The normalized spacial score (nSPS) is 17.0. The monoisotopic (exact) mass is 446 g/mol. The molecule has 0 aromatic heterocycles. The minimum atomic E-state index is -1.03. The number of aromatic carboxylic acids is 1. The van der Waals surface area contributed by atoms with E-state index in [0.717, 1.165) is 10.0 Å². The van der Waals surface area contributed by atoms with E-state index in [1.54, 1.807) is 32.4 Å². The van der Waals surface area contributed by atoms with Gasteiger partial charge in [-0.05, 0) is 54.2 Å². The third-order valence-corrected chi connectivity index (χ3v) is 5.35. The molecule has 1 aliphatic rings. The zero-order chi connectivity index (χ0) is 19.6. The summed E-state index contributed by atoms with van der Waals surface area (Å²) in [6.07, 6.45) is 1.75. The quantitative estimate of drug-likeness (QED) is 0.704. The van der Waals surface area contributed by atoms with E-state index in [1.165, 1.54) is 28.8 Å². The average molecular weight is 447 g/mol. The van der Waals surface area contributed by atoms with Gasteiger partial charge in [0.2, 0.25) is 0 Å². The predicted octanol–water partition coefficient (Wildman–Crippen LogP) is 4.39. The van der Waals surface area contributed by atoms with E-state index >= 15 is 0 Å². The van der Waals surface area contributed by atoms with Crippen LogP contribution >= 0.6 is 27.7 Å². The number of thioether (sulfide) groups is 1. The number of benzene rings is 2. The number of ether oxygens (including phenoxy) is 1. The van der Waals surface area contributed by atoms with Gasteiger partial charge in [0.1, 0.15) is 5.75 Å². The van der Waals surface area contributed by atoms with Gasteiger partial charge in [-0.1, -0.05) is 22.0 Å². The first-order chi connectivity index (χ1) is 12.9. The molecule has 0 atom stereocenters. The van der Waals surface area contributed by atoms with Gasteiger partial charge in [-0.2, -0.15) is 0 Å². The standard InChI is InChI=1S/C19H15BrN2O4S/c1-22-17(23)16(10-12-8-13(20)6-7-15(12)26-2)27-19(22)21-14-5-3-4-11(9-14)18(24)25/h3-10H,1-2H3,(H,24,25)/b16-10+,21-19?. The SMILES string of the molecule is COc1ccc(Br)cc1/C=C1/SC(=Nc2cccc(C(=O)O)c2)N(C)C1=O.